The Morgan fingerprint density at radius 3 is 2.33 bits per heavy atom. The first-order valence-electron chi connectivity index (χ1n) is 7.94. The SMILES string of the molecule is CC(C)(C)[Si](C)(C)Oc1ccc2c(c1)oc(=O)c1ccc(Br)cc12. The summed E-state index contributed by atoms with van der Waals surface area (Å²) in [7, 11) is -1.94. The average Bonchev–Trinajstić information content (AvgIpc) is 2.45. The molecule has 0 amide bonds. The lowest BCUT2D eigenvalue weighted by Gasteiger charge is -2.36. The van der Waals surface area contributed by atoms with Gasteiger partial charge in [0.05, 0.1) is 5.39 Å². The third kappa shape index (κ3) is 3.02. The number of hydrogen-bond acceptors (Lipinski definition) is 3. The lowest BCUT2D eigenvalue weighted by atomic mass is 10.1. The van der Waals surface area contributed by atoms with Crippen LogP contribution in [-0.2, 0) is 0 Å². The van der Waals surface area contributed by atoms with Gasteiger partial charge in [-0.2, -0.15) is 0 Å². The zero-order valence-corrected chi connectivity index (χ0v) is 17.2. The second-order valence-corrected chi connectivity index (χ2v) is 13.2. The van der Waals surface area contributed by atoms with Crippen LogP contribution in [0, 0.1) is 0 Å². The molecule has 0 saturated heterocycles. The first-order valence-corrected chi connectivity index (χ1v) is 11.6. The highest BCUT2D eigenvalue weighted by atomic mass is 79.9. The van der Waals surface area contributed by atoms with Crippen LogP contribution in [0.3, 0.4) is 0 Å². The van der Waals surface area contributed by atoms with E-state index in [1.54, 1.807) is 6.07 Å². The Hall–Kier alpha value is -1.59. The van der Waals surface area contributed by atoms with Gasteiger partial charge in [0.25, 0.3) is 0 Å². The minimum absolute atomic E-state index is 0.108. The molecule has 2 aromatic carbocycles. The van der Waals surface area contributed by atoms with Crippen LogP contribution in [0.5, 0.6) is 5.75 Å². The molecule has 0 fully saturated rings. The van der Waals surface area contributed by atoms with Crippen LogP contribution in [0.4, 0.5) is 0 Å². The minimum Gasteiger partial charge on any atom is -0.543 e. The van der Waals surface area contributed by atoms with Crippen LogP contribution in [-0.4, -0.2) is 8.32 Å². The van der Waals surface area contributed by atoms with Gasteiger partial charge in [-0.25, -0.2) is 4.79 Å². The minimum atomic E-state index is -1.94. The predicted molar refractivity (Wildman–Crippen MR) is 106 cm³/mol. The highest BCUT2D eigenvalue weighted by Crippen LogP contribution is 2.38. The molecule has 0 aliphatic carbocycles. The lowest BCUT2D eigenvalue weighted by Crippen LogP contribution is -2.43. The molecule has 3 rings (SSSR count). The van der Waals surface area contributed by atoms with Crippen LogP contribution in [0.15, 0.2) is 50.1 Å². The molecule has 0 N–H and O–H groups in total. The van der Waals surface area contributed by atoms with E-state index in [0.29, 0.717) is 11.0 Å². The molecule has 5 heteroatoms. The fraction of sp³-hybridized carbons (Fsp3) is 0.316. The molecule has 1 heterocycles. The molecule has 0 unspecified atom stereocenters. The van der Waals surface area contributed by atoms with Crippen molar-refractivity contribution in [2.24, 2.45) is 0 Å². The number of fused-ring (bicyclic) bond motifs is 3. The molecule has 0 atom stereocenters. The topological polar surface area (TPSA) is 39.4 Å². The molecule has 3 nitrogen and oxygen atoms in total. The summed E-state index contributed by atoms with van der Waals surface area (Å²) in [6.07, 6.45) is 0. The molecule has 3 aromatic rings. The Kier molecular flexibility index (Phi) is 4.12. The molecule has 0 spiro atoms. The smallest absolute Gasteiger partial charge is 0.344 e. The molecule has 0 bridgehead atoms. The van der Waals surface area contributed by atoms with Gasteiger partial charge >= 0.3 is 5.63 Å². The van der Waals surface area contributed by atoms with E-state index in [-0.39, 0.29) is 10.7 Å². The van der Waals surface area contributed by atoms with Gasteiger partial charge in [0, 0.05) is 21.3 Å². The van der Waals surface area contributed by atoms with Crippen molar-refractivity contribution >= 4 is 46.0 Å². The zero-order chi connectivity index (χ0) is 17.7. The summed E-state index contributed by atoms with van der Waals surface area (Å²) in [5.74, 6) is 0.756. The van der Waals surface area contributed by atoms with Crippen LogP contribution in [0.1, 0.15) is 20.8 Å². The van der Waals surface area contributed by atoms with Gasteiger partial charge in [-0.1, -0.05) is 36.7 Å². The zero-order valence-electron chi connectivity index (χ0n) is 14.6. The maximum atomic E-state index is 12.2. The monoisotopic (exact) mass is 404 g/mol. The number of benzene rings is 2. The van der Waals surface area contributed by atoms with Crippen molar-refractivity contribution in [2.75, 3.05) is 0 Å². The van der Waals surface area contributed by atoms with Crippen LogP contribution < -0.4 is 10.1 Å². The van der Waals surface area contributed by atoms with Crippen LogP contribution in [0.2, 0.25) is 18.1 Å². The standard InChI is InChI=1S/C19H21BrO3Si/c1-19(2,3)24(4,5)23-13-7-9-14-16-10-12(20)6-8-15(16)18(21)22-17(14)11-13/h6-11H,1-5H3. The Morgan fingerprint density at radius 2 is 1.67 bits per heavy atom. The second kappa shape index (κ2) is 5.74. The largest absolute Gasteiger partial charge is 0.543 e. The van der Waals surface area contributed by atoms with Gasteiger partial charge in [0.2, 0.25) is 8.32 Å². The maximum Gasteiger partial charge on any atom is 0.344 e. The summed E-state index contributed by atoms with van der Waals surface area (Å²) in [5.41, 5.74) is 0.233. The third-order valence-electron chi connectivity index (χ3n) is 4.83. The summed E-state index contributed by atoms with van der Waals surface area (Å²) >= 11 is 3.47. The van der Waals surface area contributed by atoms with Gasteiger partial charge in [-0.15, -0.1) is 0 Å². The fourth-order valence-corrected chi connectivity index (χ4v) is 3.78. The first kappa shape index (κ1) is 17.2. The maximum absolute atomic E-state index is 12.2. The Bertz CT molecular complexity index is 983. The first-order chi connectivity index (χ1) is 11.1. The van der Waals surface area contributed by atoms with E-state index >= 15 is 0 Å². The van der Waals surface area contributed by atoms with Gasteiger partial charge in [-0.3, -0.25) is 0 Å². The summed E-state index contributed by atoms with van der Waals surface area (Å²) in [6.45, 7) is 11.0. The van der Waals surface area contributed by atoms with Crippen LogP contribution in [0.25, 0.3) is 21.7 Å². The summed E-state index contributed by atoms with van der Waals surface area (Å²) in [5, 5.41) is 2.49. The number of hydrogen-bond donors (Lipinski definition) is 0. The quantitative estimate of drug-likeness (QED) is 0.294. The van der Waals surface area contributed by atoms with E-state index < -0.39 is 8.32 Å². The van der Waals surface area contributed by atoms with Crippen molar-refractivity contribution in [1.29, 1.82) is 0 Å². The van der Waals surface area contributed by atoms with Gasteiger partial charge in [0.15, 0.2) is 0 Å². The predicted octanol–water partition coefficient (Wildman–Crippen LogP) is 6.09. The molecule has 126 valence electrons. The Morgan fingerprint density at radius 1 is 1.00 bits per heavy atom. The lowest BCUT2D eigenvalue weighted by molar-refractivity contribution is 0.490. The van der Waals surface area contributed by atoms with Crippen molar-refractivity contribution in [2.45, 2.75) is 38.9 Å². The Labute approximate surface area is 150 Å². The highest BCUT2D eigenvalue weighted by molar-refractivity contribution is 9.10. The number of rotatable bonds is 2. The fourth-order valence-electron chi connectivity index (χ4n) is 2.39. The molecule has 0 saturated carbocycles. The molecule has 0 aliphatic heterocycles. The van der Waals surface area contributed by atoms with E-state index in [1.807, 2.05) is 30.3 Å². The molecule has 0 aliphatic rings. The molecular formula is C19H21BrO3Si. The third-order valence-corrected chi connectivity index (χ3v) is 9.68. The number of halogens is 1. The average molecular weight is 405 g/mol. The van der Waals surface area contributed by atoms with E-state index in [0.717, 1.165) is 21.0 Å². The summed E-state index contributed by atoms with van der Waals surface area (Å²) in [6, 6.07) is 11.3. The van der Waals surface area contributed by atoms with Gasteiger partial charge in [-0.05, 0) is 48.5 Å². The van der Waals surface area contributed by atoms with Gasteiger partial charge in [0.1, 0.15) is 11.3 Å². The van der Waals surface area contributed by atoms with Crippen molar-refractivity contribution in [3.8, 4) is 5.75 Å². The van der Waals surface area contributed by atoms with Crippen LogP contribution >= 0.6 is 15.9 Å². The molecule has 0 radical (unpaired) electrons. The van der Waals surface area contributed by atoms with E-state index in [4.69, 9.17) is 8.84 Å². The van der Waals surface area contributed by atoms with Crippen molar-refractivity contribution < 1.29 is 8.84 Å². The van der Waals surface area contributed by atoms with Crippen molar-refractivity contribution in [1.82, 2.24) is 0 Å². The molecule has 24 heavy (non-hydrogen) atoms. The van der Waals surface area contributed by atoms with E-state index in [1.165, 1.54) is 0 Å². The summed E-state index contributed by atoms with van der Waals surface area (Å²) < 4.78 is 12.8. The van der Waals surface area contributed by atoms with E-state index in [9.17, 15) is 4.79 Å². The van der Waals surface area contributed by atoms with Gasteiger partial charge < -0.3 is 8.84 Å². The Balaban J connectivity index is 2.16. The normalized spacial score (nSPS) is 12.8. The van der Waals surface area contributed by atoms with Crippen molar-refractivity contribution in [3.05, 3.63) is 51.3 Å². The molecular weight excluding hydrogens is 384 g/mol. The van der Waals surface area contributed by atoms with Crippen molar-refractivity contribution in [3.63, 3.8) is 0 Å². The summed E-state index contributed by atoms with van der Waals surface area (Å²) in [4.78, 5) is 12.2. The molecule has 1 aromatic heterocycles. The van der Waals surface area contributed by atoms with E-state index in [2.05, 4.69) is 49.8 Å². The highest BCUT2D eigenvalue weighted by Gasteiger charge is 2.39. The second-order valence-electron chi connectivity index (χ2n) is 7.60.